The number of aromatic nitrogens is 5. The Morgan fingerprint density at radius 1 is 0.942 bits per heavy atom. The van der Waals surface area contributed by atoms with Crippen LogP contribution in [0.4, 0.5) is 8.78 Å². The maximum atomic E-state index is 14.6. The van der Waals surface area contributed by atoms with Crippen LogP contribution >= 0.6 is 0 Å². The van der Waals surface area contributed by atoms with Crippen LogP contribution in [-0.2, 0) is 6.54 Å². The van der Waals surface area contributed by atoms with Crippen LogP contribution in [0.3, 0.4) is 0 Å². The molecule has 4 aromatic heterocycles. The largest absolute Gasteiger partial charge is 0.508 e. The quantitative estimate of drug-likeness (QED) is 0.225. The second kappa shape index (κ2) is 13.8. The first kappa shape index (κ1) is 33.4. The molecule has 1 saturated carbocycles. The number of carbonyl (C=O) groups excluding carboxylic acids is 1. The molecule has 266 valence electrons. The molecule has 12 nitrogen and oxygen atoms in total. The lowest BCUT2D eigenvalue weighted by Crippen LogP contribution is -2.45. The number of hydrogen-bond acceptors (Lipinski definition) is 8. The van der Waals surface area contributed by atoms with Crippen molar-refractivity contribution in [2.45, 2.75) is 44.3 Å². The summed E-state index contributed by atoms with van der Waals surface area (Å²) in [6.45, 7) is 4.14. The Balaban J connectivity index is 1.10. The van der Waals surface area contributed by atoms with E-state index in [4.69, 9.17) is 0 Å². The van der Waals surface area contributed by atoms with Crippen molar-refractivity contribution in [3.63, 3.8) is 0 Å². The Morgan fingerprint density at radius 2 is 1.75 bits per heavy atom. The molecule has 2 fully saturated rings. The van der Waals surface area contributed by atoms with E-state index in [0.29, 0.717) is 43.6 Å². The normalized spacial score (nSPS) is 18.2. The predicted octanol–water partition coefficient (Wildman–Crippen LogP) is 4.16. The first-order valence-corrected chi connectivity index (χ1v) is 17.4. The predicted molar refractivity (Wildman–Crippen MR) is 191 cm³/mol. The third-order valence-electron chi connectivity index (χ3n) is 10.0. The van der Waals surface area contributed by atoms with Gasteiger partial charge in [0.15, 0.2) is 5.65 Å². The molecular formula is C38H36F2N8O4. The summed E-state index contributed by atoms with van der Waals surface area (Å²) in [5.74, 6) is -1.38. The third-order valence-corrected chi connectivity index (χ3v) is 10.0. The molecule has 8 rings (SSSR count). The van der Waals surface area contributed by atoms with Gasteiger partial charge in [-0.2, -0.15) is 0 Å². The van der Waals surface area contributed by atoms with Gasteiger partial charge in [0, 0.05) is 57.2 Å². The molecule has 0 radical (unpaired) electrons. The molecule has 1 aliphatic heterocycles. The third kappa shape index (κ3) is 6.46. The topological polar surface area (TPSA) is 139 Å². The maximum Gasteiger partial charge on any atom is 0.337 e. The molecule has 3 N–H and O–H groups in total. The highest BCUT2D eigenvalue weighted by molar-refractivity contribution is 5.93. The highest BCUT2D eigenvalue weighted by Gasteiger charge is 2.29. The second-order valence-electron chi connectivity index (χ2n) is 13.5. The van der Waals surface area contributed by atoms with E-state index in [2.05, 4.69) is 25.5 Å². The van der Waals surface area contributed by atoms with Gasteiger partial charge in [-0.25, -0.2) is 28.1 Å². The first-order valence-electron chi connectivity index (χ1n) is 17.4. The average molecular weight is 707 g/mol. The number of piperazine rings is 1. The number of halogens is 2. The standard InChI is InChI=1S/C38H36F2N8O4/c39-25-4-11-34-44-33(22-46(34)21-25)36(50)43-27-5-7-28(8-6-27)48-37(51)32-18-26(40)19-42-35(32)47(38(48)52)29-3-1-2-23(16-29)31-10-9-30(49)17-24(31)20-45-14-12-41-13-15-45/h1-4,9-11,16-19,21-22,27-28,41,49H,5-8,12-15,20H2,(H,43,50). The van der Waals surface area contributed by atoms with Gasteiger partial charge in [0.25, 0.3) is 11.5 Å². The fraction of sp³-hybridized carbons (Fsp3) is 0.289. The van der Waals surface area contributed by atoms with Crippen molar-refractivity contribution in [2.75, 3.05) is 26.2 Å². The number of fused-ring (bicyclic) bond motifs is 2. The molecule has 2 aromatic carbocycles. The number of nitrogens with zero attached hydrogens (tertiary/aromatic N) is 6. The fourth-order valence-corrected chi connectivity index (χ4v) is 7.46. The molecule has 5 heterocycles. The maximum absolute atomic E-state index is 14.6. The zero-order valence-electron chi connectivity index (χ0n) is 28.1. The number of amides is 1. The number of hydrogen-bond donors (Lipinski definition) is 3. The number of aromatic hydroxyl groups is 1. The molecule has 0 atom stereocenters. The number of rotatable bonds is 7. The van der Waals surface area contributed by atoms with Crippen LogP contribution < -0.4 is 21.9 Å². The molecule has 14 heteroatoms. The minimum Gasteiger partial charge on any atom is -0.508 e. The Morgan fingerprint density at radius 3 is 2.56 bits per heavy atom. The Kier molecular flexibility index (Phi) is 8.85. The molecular weight excluding hydrogens is 670 g/mol. The van der Waals surface area contributed by atoms with E-state index in [0.717, 1.165) is 55.1 Å². The lowest BCUT2D eigenvalue weighted by atomic mass is 9.90. The van der Waals surface area contributed by atoms with Crippen molar-refractivity contribution in [1.82, 2.24) is 39.0 Å². The zero-order chi connectivity index (χ0) is 35.9. The van der Waals surface area contributed by atoms with Crippen molar-refractivity contribution in [3.8, 4) is 22.6 Å². The minimum absolute atomic E-state index is 0.0206. The van der Waals surface area contributed by atoms with Gasteiger partial charge in [0.2, 0.25) is 0 Å². The summed E-state index contributed by atoms with van der Waals surface area (Å²) < 4.78 is 32.2. The van der Waals surface area contributed by atoms with E-state index < -0.39 is 34.8 Å². The van der Waals surface area contributed by atoms with Gasteiger partial charge >= 0.3 is 5.69 Å². The summed E-state index contributed by atoms with van der Waals surface area (Å²) in [6.07, 6.45) is 5.49. The highest BCUT2D eigenvalue weighted by Crippen LogP contribution is 2.31. The van der Waals surface area contributed by atoms with E-state index in [1.807, 2.05) is 24.3 Å². The number of pyridine rings is 2. The van der Waals surface area contributed by atoms with Gasteiger partial charge in [-0.15, -0.1) is 0 Å². The minimum atomic E-state index is -0.696. The summed E-state index contributed by atoms with van der Waals surface area (Å²) in [7, 11) is 0. The van der Waals surface area contributed by atoms with Crippen LogP contribution in [0.15, 0.2) is 88.8 Å². The van der Waals surface area contributed by atoms with Crippen molar-refractivity contribution >= 4 is 22.6 Å². The lowest BCUT2D eigenvalue weighted by molar-refractivity contribution is 0.0917. The highest BCUT2D eigenvalue weighted by atomic mass is 19.1. The second-order valence-corrected chi connectivity index (χ2v) is 13.5. The average Bonchev–Trinajstić information content (AvgIpc) is 3.57. The first-order chi connectivity index (χ1) is 25.2. The molecule has 0 unspecified atom stereocenters. The Labute approximate surface area is 296 Å². The van der Waals surface area contributed by atoms with Crippen molar-refractivity contribution in [2.24, 2.45) is 0 Å². The van der Waals surface area contributed by atoms with Crippen molar-refractivity contribution < 1.29 is 18.7 Å². The van der Waals surface area contributed by atoms with E-state index in [-0.39, 0.29) is 28.5 Å². The van der Waals surface area contributed by atoms with E-state index in [1.54, 1.807) is 18.2 Å². The number of benzene rings is 2. The summed E-state index contributed by atoms with van der Waals surface area (Å²) in [5, 5.41) is 16.7. The van der Waals surface area contributed by atoms with Crippen LogP contribution in [0.5, 0.6) is 5.75 Å². The van der Waals surface area contributed by atoms with Crippen LogP contribution in [0.1, 0.15) is 47.8 Å². The van der Waals surface area contributed by atoms with E-state index in [9.17, 15) is 28.3 Å². The molecule has 0 bridgehead atoms. The van der Waals surface area contributed by atoms with Gasteiger partial charge in [0.05, 0.1) is 17.3 Å². The van der Waals surface area contributed by atoms with E-state index >= 15 is 0 Å². The molecule has 1 aliphatic carbocycles. The summed E-state index contributed by atoms with van der Waals surface area (Å²) >= 11 is 0. The Bertz CT molecular complexity index is 2440. The van der Waals surface area contributed by atoms with Crippen molar-refractivity contribution in [1.29, 1.82) is 0 Å². The summed E-state index contributed by atoms with van der Waals surface area (Å²) in [6, 6.07) is 15.7. The molecule has 1 saturated heterocycles. The fourth-order valence-electron chi connectivity index (χ4n) is 7.46. The van der Waals surface area contributed by atoms with E-state index in [1.165, 1.54) is 38.1 Å². The van der Waals surface area contributed by atoms with Gasteiger partial charge in [-0.1, -0.05) is 18.2 Å². The van der Waals surface area contributed by atoms with Crippen LogP contribution in [0.2, 0.25) is 0 Å². The van der Waals surface area contributed by atoms with Gasteiger partial charge in [-0.3, -0.25) is 19.1 Å². The van der Waals surface area contributed by atoms with Crippen LogP contribution in [0.25, 0.3) is 33.5 Å². The smallest absolute Gasteiger partial charge is 0.337 e. The monoisotopic (exact) mass is 706 g/mol. The van der Waals surface area contributed by atoms with Crippen LogP contribution in [-0.4, -0.2) is 71.6 Å². The van der Waals surface area contributed by atoms with Crippen LogP contribution in [0, 0.1) is 11.6 Å². The SMILES string of the molecule is O=C(NC1CCC(n2c(=O)c3cc(F)cnc3n(-c3cccc(-c4ccc(O)cc4CN4CCNCC4)c3)c2=O)CC1)c1cn2cc(F)ccc2n1. The van der Waals surface area contributed by atoms with Gasteiger partial charge in [-0.05, 0) is 84.8 Å². The van der Waals surface area contributed by atoms with Gasteiger partial charge in [0.1, 0.15) is 28.7 Å². The number of phenolic OH excluding ortho intramolecular Hbond substituents is 1. The Hall–Kier alpha value is -5.73. The number of phenols is 1. The number of imidazole rings is 1. The number of nitrogens with one attached hydrogen (secondary N) is 2. The van der Waals surface area contributed by atoms with Crippen molar-refractivity contribution in [3.05, 3.63) is 123 Å². The van der Waals surface area contributed by atoms with Gasteiger partial charge < -0.3 is 20.1 Å². The molecule has 1 amide bonds. The zero-order valence-corrected chi connectivity index (χ0v) is 28.1. The summed E-state index contributed by atoms with van der Waals surface area (Å²) in [5.41, 5.74) is 2.50. The molecule has 6 aromatic rings. The molecule has 2 aliphatic rings. The molecule has 52 heavy (non-hydrogen) atoms. The lowest BCUT2D eigenvalue weighted by Gasteiger charge is -2.30. The summed E-state index contributed by atoms with van der Waals surface area (Å²) in [4.78, 5) is 52.1. The number of carbonyl (C=O) groups is 1. The molecule has 0 spiro atoms.